The van der Waals surface area contributed by atoms with Gasteiger partial charge in [0.2, 0.25) is 0 Å². The highest BCUT2D eigenvalue weighted by Gasteiger charge is 2.43. The van der Waals surface area contributed by atoms with Crippen molar-refractivity contribution in [2.24, 2.45) is 11.8 Å². The lowest BCUT2D eigenvalue weighted by Crippen LogP contribution is -2.36. The summed E-state index contributed by atoms with van der Waals surface area (Å²) in [4.78, 5) is 25.3. The van der Waals surface area contributed by atoms with Crippen LogP contribution in [0.15, 0.2) is 18.2 Å². The smallest absolute Gasteiger partial charge is 0.325 e. The summed E-state index contributed by atoms with van der Waals surface area (Å²) in [5.41, 5.74) is 2.34. The number of unbranched alkanes of at least 4 members (excludes halogenated alkanes) is 2. The summed E-state index contributed by atoms with van der Waals surface area (Å²) in [5.74, 6) is 0.904. The molecule has 0 radical (unpaired) electrons. The summed E-state index contributed by atoms with van der Waals surface area (Å²) >= 11 is 0. The average molecular weight is 476 g/mol. The van der Waals surface area contributed by atoms with Gasteiger partial charge < -0.3 is 24.6 Å². The summed E-state index contributed by atoms with van der Waals surface area (Å²) in [6.07, 6.45) is 7.60. The first-order chi connectivity index (χ1) is 16.3. The molecule has 1 saturated carbocycles. The monoisotopic (exact) mass is 475 g/mol. The lowest BCUT2D eigenvalue weighted by atomic mass is 9.68. The fraction of sp³-hybridized carbons (Fsp3) is 0.704. The highest BCUT2D eigenvalue weighted by atomic mass is 16.5. The van der Waals surface area contributed by atoms with Crippen molar-refractivity contribution in [2.75, 3.05) is 27.3 Å². The fourth-order valence-corrected chi connectivity index (χ4v) is 5.77. The number of methoxy groups -OCH3 is 1. The number of aliphatic hydroxyl groups is 2. The van der Waals surface area contributed by atoms with Crippen LogP contribution in [0.2, 0.25) is 0 Å². The molecule has 1 aromatic rings. The Balaban J connectivity index is 1.74. The van der Waals surface area contributed by atoms with Crippen LogP contribution in [-0.4, -0.2) is 66.5 Å². The number of likely N-dealkylation sites (N-methyl/N-ethyl adjacent to an activating group) is 1. The molecule has 0 spiro atoms. The molecule has 0 heterocycles. The van der Waals surface area contributed by atoms with Gasteiger partial charge in [0.1, 0.15) is 12.3 Å². The number of benzene rings is 1. The molecule has 0 saturated heterocycles. The Morgan fingerprint density at radius 1 is 1.21 bits per heavy atom. The molecule has 1 aromatic carbocycles. The Labute approximate surface area is 203 Å². The number of carbonyl (C=O) groups excluding carboxylic acids is 2. The number of amides is 1. The Bertz CT molecular complexity index is 827. The van der Waals surface area contributed by atoms with E-state index in [-0.39, 0.29) is 37.2 Å². The first-order valence-electron chi connectivity index (χ1n) is 12.7. The van der Waals surface area contributed by atoms with Gasteiger partial charge in [0.25, 0.3) is 5.91 Å². The molecule has 0 bridgehead atoms. The number of aliphatic hydroxyl groups excluding tert-OH is 2. The first-order valence-corrected chi connectivity index (χ1v) is 12.7. The molecule has 34 heavy (non-hydrogen) atoms. The Hall–Kier alpha value is -2.12. The maximum absolute atomic E-state index is 12.5. The predicted octanol–water partition coefficient (Wildman–Crippen LogP) is 3.45. The molecule has 2 aliphatic carbocycles. The van der Waals surface area contributed by atoms with Gasteiger partial charge in [-0.2, -0.15) is 0 Å². The lowest BCUT2D eigenvalue weighted by Gasteiger charge is -2.37. The van der Waals surface area contributed by atoms with Crippen LogP contribution in [0.1, 0.15) is 75.3 Å². The third-order valence-corrected chi connectivity index (χ3v) is 7.57. The van der Waals surface area contributed by atoms with Crippen molar-refractivity contribution in [2.45, 2.75) is 82.8 Å². The molecule has 1 amide bonds. The second-order valence-electron chi connectivity index (χ2n) is 10.0. The van der Waals surface area contributed by atoms with Crippen molar-refractivity contribution < 1.29 is 29.3 Å². The maximum Gasteiger partial charge on any atom is 0.325 e. The van der Waals surface area contributed by atoms with Gasteiger partial charge >= 0.3 is 5.97 Å². The number of hydrogen-bond donors (Lipinski definition) is 2. The van der Waals surface area contributed by atoms with Crippen LogP contribution in [0.5, 0.6) is 5.75 Å². The van der Waals surface area contributed by atoms with Crippen LogP contribution in [0.25, 0.3) is 0 Å². The highest BCUT2D eigenvalue weighted by molar-refractivity contribution is 5.82. The van der Waals surface area contributed by atoms with E-state index in [0.29, 0.717) is 17.6 Å². The zero-order valence-electron chi connectivity index (χ0n) is 20.9. The van der Waals surface area contributed by atoms with Crippen molar-refractivity contribution in [3.63, 3.8) is 0 Å². The van der Waals surface area contributed by atoms with Crippen molar-refractivity contribution in [3.05, 3.63) is 29.3 Å². The molecular weight excluding hydrogens is 434 g/mol. The standard InChI is InChI=1S/C27H41NO6/c1-4-5-6-9-20(29)11-12-22-23-15-21(30)14-19(23)13-18-8-7-10-24(27(18)22)34-17-25(31)28(2)16-26(32)33-3/h7-8,10,19-23,29-30H,4-6,9,11-17H2,1-3H3. The van der Waals surface area contributed by atoms with Crippen LogP contribution in [0.3, 0.4) is 0 Å². The molecule has 7 nitrogen and oxygen atoms in total. The topological polar surface area (TPSA) is 96.3 Å². The number of esters is 1. The molecule has 0 aromatic heterocycles. The molecule has 5 unspecified atom stereocenters. The Kier molecular flexibility index (Phi) is 9.77. The molecule has 7 heteroatoms. The van der Waals surface area contributed by atoms with E-state index in [1.54, 1.807) is 7.05 Å². The van der Waals surface area contributed by atoms with Gasteiger partial charge in [-0.25, -0.2) is 0 Å². The van der Waals surface area contributed by atoms with Gasteiger partial charge in [-0.3, -0.25) is 9.59 Å². The molecule has 2 N–H and O–H groups in total. The van der Waals surface area contributed by atoms with Gasteiger partial charge in [-0.05, 0) is 67.9 Å². The minimum Gasteiger partial charge on any atom is -0.483 e. The molecular formula is C27H41NO6. The van der Waals surface area contributed by atoms with E-state index in [9.17, 15) is 19.8 Å². The molecule has 0 aliphatic heterocycles. The number of carbonyl (C=O) groups is 2. The highest BCUT2D eigenvalue weighted by Crippen LogP contribution is 2.52. The SMILES string of the molecule is CCCCCC(O)CCC1c2c(cccc2OCC(=O)N(C)CC(=O)OC)CC2CC(O)CC21. The van der Waals surface area contributed by atoms with Crippen LogP contribution in [-0.2, 0) is 20.7 Å². The summed E-state index contributed by atoms with van der Waals surface area (Å²) < 4.78 is 10.7. The van der Waals surface area contributed by atoms with Gasteiger partial charge in [0.15, 0.2) is 6.61 Å². The predicted molar refractivity (Wildman–Crippen MR) is 130 cm³/mol. The number of nitrogens with zero attached hydrogens (tertiary/aromatic N) is 1. The summed E-state index contributed by atoms with van der Waals surface area (Å²) in [6.45, 7) is 1.88. The lowest BCUT2D eigenvalue weighted by molar-refractivity contribution is -0.146. The van der Waals surface area contributed by atoms with Crippen LogP contribution in [0.4, 0.5) is 0 Å². The van der Waals surface area contributed by atoms with Crippen LogP contribution in [0, 0.1) is 11.8 Å². The van der Waals surface area contributed by atoms with E-state index >= 15 is 0 Å². The minimum atomic E-state index is -0.476. The van der Waals surface area contributed by atoms with Crippen molar-refractivity contribution >= 4 is 11.9 Å². The van der Waals surface area contributed by atoms with Crippen molar-refractivity contribution in [1.29, 1.82) is 0 Å². The van der Waals surface area contributed by atoms with Gasteiger partial charge in [0, 0.05) is 12.6 Å². The normalized spacial score (nSPS) is 24.1. The molecule has 3 rings (SSSR count). The van der Waals surface area contributed by atoms with Crippen LogP contribution >= 0.6 is 0 Å². The van der Waals surface area contributed by atoms with Gasteiger partial charge in [-0.15, -0.1) is 0 Å². The van der Waals surface area contributed by atoms with E-state index in [4.69, 9.17) is 4.74 Å². The number of fused-ring (bicyclic) bond motifs is 2. The van der Waals surface area contributed by atoms with Crippen molar-refractivity contribution in [1.82, 2.24) is 4.90 Å². The molecule has 5 atom stereocenters. The number of rotatable bonds is 12. The largest absolute Gasteiger partial charge is 0.483 e. The third kappa shape index (κ3) is 6.72. The van der Waals surface area contributed by atoms with Gasteiger partial charge in [-0.1, -0.05) is 38.3 Å². The summed E-state index contributed by atoms with van der Waals surface area (Å²) in [7, 11) is 2.85. The van der Waals surface area contributed by atoms with Gasteiger partial charge in [0.05, 0.1) is 19.3 Å². The van der Waals surface area contributed by atoms with Crippen molar-refractivity contribution in [3.8, 4) is 5.75 Å². The zero-order chi connectivity index (χ0) is 24.7. The zero-order valence-corrected chi connectivity index (χ0v) is 20.9. The molecule has 190 valence electrons. The van der Waals surface area contributed by atoms with E-state index in [2.05, 4.69) is 17.7 Å². The third-order valence-electron chi connectivity index (χ3n) is 7.57. The second kappa shape index (κ2) is 12.5. The second-order valence-corrected chi connectivity index (χ2v) is 10.0. The molecule has 2 aliphatic rings. The fourth-order valence-electron chi connectivity index (χ4n) is 5.77. The van der Waals surface area contributed by atoms with E-state index in [1.165, 1.54) is 17.6 Å². The maximum atomic E-state index is 12.5. The quantitative estimate of drug-likeness (QED) is 0.355. The first kappa shape index (κ1) is 26.5. The van der Waals surface area contributed by atoms with E-state index in [0.717, 1.165) is 63.4 Å². The van der Waals surface area contributed by atoms with Crippen LogP contribution < -0.4 is 4.74 Å². The average Bonchev–Trinajstić information content (AvgIpc) is 3.19. The minimum absolute atomic E-state index is 0.119. The van der Waals surface area contributed by atoms with E-state index < -0.39 is 5.97 Å². The number of hydrogen-bond acceptors (Lipinski definition) is 6. The summed E-state index contributed by atoms with van der Waals surface area (Å²) in [6, 6.07) is 5.99. The Morgan fingerprint density at radius 2 is 2.00 bits per heavy atom. The molecule has 1 fully saturated rings. The Morgan fingerprint density at radius 3 is 2.74 bits per heavy atom. The summed E-state index contributed by atoms with van der Waals surface area (Å²) in [5, 5.41) is 21.0. The van der Waals surface area contributed by atoms with E-state index in [1.807, 2.05) is 12.1 Å². The number of ether oxygens (including phenoxy) is 2.